The number of ether oxygens (including phenoxy) is 1. The topological polar surface area (TPSA) is 83.8 Å². The van der Waals surface area contributed by atoms with E-state index in [0.29, 0.717) is 0 Å². The van der Waals surface area contributed by atoms with Gasteiger partial charge in [0.1, 0.15) is 0 Å². The van der Waals surface area contributed by atoms with Crippen LogP contribution in [0.5, 0.6) is 0 Å². The highest BCUT2D eigenvalue weighted by molar-refractivity contribution is 5.81. The third kappa shape index (κ3) is 6.94. The van der Waals surface area contributed by atoms with Crippen LogP contribution in [0, 0.1) is 11.3 Å². The second-order valence-corrected chi connectivity index (χ2v) is 3.65. The molecule has 0 aromatic carbocycles. The van der Waals surface area contributed by atoms with Gasteiger partial charge in [0.25, 0.3) is 0 Å². The molecule has 0 bridgehead atoms. The van der Waals surface area contributed by atoms with Gasteiger partial charge in [-0.1, -0.05) is 29.2 Å². The molecule has 2 unspecified atom stereocenters. The molecule has 2 N–H and O–H groups in total. The van der Waals surface area contributed by atoms with Crippen LogP contribution in [0.2, 0.25) is 0 Å². The highest BCUT2D eigenvalue weighted by Gasteiger charge is 2.41. The summed E-state index contributed by atoms with van der Waals surface area (Å²) in [5.41, 5.74) is -1.28. The van der Waals surface area contributed by atoms with Gasteiger partial charge < -0.3 is 14.9 Å². The van der Waals surface area contributed by atoms with Crippen molar-refractivity contribution in [3.63, 3.8) is 0 Å². The first-order valence-corrected chi connectivity index (χ1v) is 4.28. The van der Waals surface area contributed by atoms with Gasteiger partial charge in [-0.2, -0.15) is 0 Å². The van der Waals surface area contributed by atoms with Crippen LogP contribution in [0.4, 0.5) is 0 Å². The smallest absolute Gasteiger partial charge is 0.310 e. The van der Waals surface area contributed by atoms with Crippen molar-refractivity contribution in [2.24, 2.45) is 11.3 Å². The Balaban J connectivity index is -0.000000282. The van der Waals surface area contributed by atoms with Crippen LogP contribution in [0.15, 0.2) is 0 Å². The van der Waals surface area contributed by atoms with Crippen molar-refractivity contribution in [3.05, 3.63) is 0 Å². The summed E-state index contributed by atoms with van der Waals surface area (Å²) in [6.45, 7) is 3.32. The molecule has 0 spiro atoms. The quantitative estimate of drug-likeness (QED) is 0.759. The maximum Gasteiger partial charge on any atom is 0.310 e. The van der Waals surface area contributed by atoms with E-state index in [2.05, 4.69) is 0 Å². The molecular formula is C12H28O5. The van der Waals surface area contributed by atoms with Gasteiger partial charge in [0.2, 0.25) is 0 Å². The normalized spacial score (nSPS) is 14.1. The maximum absolute atomic E-state index is 11.0. The number of carbonyl (C=O) groups is 2. The first-order chi connectivity index (χ1) is 6.34. The van der Waals surface area contributed by atoms with E-state index in [9.17, 15) is 9.59 Å². The molecule has 0 radical (unpaired) electrons. The lowest BCUT2D eigenvalue weighted by atomic mass is 9.76. The zero-order valence-corrected chi connectivity index (χ0v) is 8.61. The second kappa shape index (κ2) is 10.1. The van der Waals surface area contributed by atoms with Crippen LogP contribution in [0.3, 0.4) is 0 Å². The number of hydrogen-bond acceptors (Lipinski definition) is 3. The molecule has 5 heteroatoms. The summed E-state index contributed by atoms with van der Waals surface area (Å²) in [5.74, 6) is -2.57. The fourth-order valence-electron chi connectivity index (χ4n) is 1.21. The van der Waals surface area contributed by atoms with Gasteiger partial charge in [0.05, 0.1) is 11.8 Å². The monoisotopic (exact) mass is 252 g/mol. The van der Waals surface area contributed by atoms with Gasteiger partial charge >= 0.3 is 11.9 Å². The van der Waals surface area contributed by atoms with E-state index in [4.69, 9.17) is 14.9 Å². The van der Waals surface area contributed by atoms with E-state index in [1.807, 2.05) is 0 Å². The van der Waals surface area contributed by atoms with Crippen LogP contribution < -0.4 is 0 Å². The Bertz CT molecular complexity index is 227. The van der Waals surface area contributed by atoms with Gasteiger partial charge in [-0.15, -0.1) is 0 Å². The summed E-state index contributed by atoms with van der Waals surface area (Å²) < 4.78 is 4.83. The van der Waals surface area contributed by atoms with Crippen LogP contribution in [0.25, 0.3) is 0 Å². The number of rotatable bonds is 6. The standard InChI is InChI=1S/C9H16O5.3CH4/c1-6(5-14-3)9(2,8(12)13)4-7(10)11;;;/h6H,4-5H2,1-3H3,(H,10,11)(H,12,13);3*1H4. The van der Waals surface area contributed by atoms with Crippen molar-refractivity contribution in [1.82, 2.24) is 0 Å². The van der Waals surface area contributed by atoms with Crippen molar-refractivity contribution < 1.29 is 24.5 Å². The lowest BCUT2D eigenvalue weighted by Crippen LogP contribution is -2.38. The van der Waals surface area contributed by atoms with Gasteiger partial charge in [-0.05, 0) is 12.8 Å². The predicted molar refractivity (Wildman–Crippen MR) is 69.2 cm³/mol. The molecule has 0 amide bonds. The van der Waals surface area contributed by atoms with Crippen molar-refractivity contribution in [1.29, 1.82) is 0 Å². The van der Waals surface area contributed by atoms with Gasteiger partial charge in [0.15, 0.2) is 0 Å². The van der Waals surface area contributed by atoms with Crippen molar-refractivity contribution >= 4 is 11.9 Å². The lowest BCUT2D eigenvalue weighted by Gasteiger charge is -2.29. The number of carboxylic acids is 2. The van der Waals surface area contributed by atoms with Crippen molar-refractivity contribution in [2.45, 2.75) is 42.5 Å². The van der Waals surface area contributed by atoms with E-state index >= 15 is 0 Å². The second-order valence-electron chi connectivity index (χ2n) is 3.65. The first-order valence-electron chi connectivity index (χ1n) is 4.28. The molecule has 0 aromatic rings. The average Bonchev–Trinajstić information content (AvgIpc) is 2.02. The van der Waals surface area contributed by atoms with Crippen LogP contribution >= 0.6 is 0 Å². The SMILES string of the molecule is C.C.C.COCC(C)C(C)(CC(=O)O)C(=O)O. The first kappa shape index (κ1) is 24.9. The molecule has 0 rings (SSSR count). The third-order valence-corrected chi connectivity index (χ3v) is 2.51. The largest absolute Gasteiger partial charge is 0.481 e. The van der Waals surface area contributed by atoms with Crippen molar-refractivity contribution in [2.75, 3.05) is 13.7 Å². The fourth-order valence-corrected chi connectivity index (χ4v) is 1.21. The van der Waals surface area contributed by atoms with Gasteiger partial charge in [0, 0.05) is 13.7 Å². The molecular weight excluding hydrogens is 224 g/mol. The summed E-state index contributed by atoms with van der Waals surface area (Å²) in [6, 6.07) is 0. The maximum atomic E-state index is 11.0. The molecule has 0 aliphatic rings. The van der Waals surface area contributed by atoms with E-state index in [-0.39, 0.29) is 34.8 Å². The molecule has 0 fully saturated rings. The Labute approximate surface area is 105 Å². The van der Waals surface area contributed by atoms with Gasteiger partial charge in [-0.25, -0.2) is 0 Å². The summed E-state index contributed by atoms with van der Waals surface area (Å²) in [7, 11) is 1.46. The van der Waals surface area contributed by atoms with Crippen LogP contribution in [0.1, 0.15) is 42.5 Å². The molecule has 0 saturated carbocycles. The molecule has 5 nitrogen and oxygen atoms in total. The summed E-state index contributed by atoms with van der Waals surface area (Å²) in [5, 5.41) is 17.6. The summed E-state index contributed by atoms with van der Waals surface area (Å²) in [4.78, 5) is 21.5. The Hall–Kier alpha value is -1.10. The lowest BCUT2D eigenvalue weighted by molar-refractivity contribution is -0.159. The molecule has 106 valence electrons. The molecule has 0 aliphatic heterocycles. The number of carboxylic acid groups (broad SMARTS) is 2. The highest BCUT2D eigenvalue weighted by Crippen LogP contribution is 2.31. The molecule has 0 saturated heterocycles. The fraction of sp³-hybridized carbons (Fsp3) is 0.833. The van der Waals surface area contributed by atoms with Gasteiger partial charge in [-0.3, -0.25) is 9.59 Å². The number of hydrogen-bond donors (Lipinski definition) is 2. The molecule has 2 atom stereocenters. The summed E-state index contributed by atoms with van der Waals surface area (Å²) >= 11 is 0. The average molecular weight is 252 g/mol. The molecule has 0 aromatic heterocycles. The highest BCUT2D eigenvalue weighted by atomic mass is 16.5. The number of methoxy groups -OCH3 is 1. The Morgan fingerprint density at radius 2 is 1.65 bits per heavy atom. The van der Waals surface area contributed by atoms with Crippen LogP contribution in [-0.2, 0) is 14.3 Å². The minimum atomic E-state index is -1.28. The molecule has 0 heterocycles. The predicted octanol–water partition coefficient (Wildman–Crippen LogP) is 2.74. The molecule has 17 heavy (non-hydrogen) atoms. The van der Waals surface area contributed by atoms with E-state index in [0.717, 1.165) is 0 Å². The van der Waals surface area contributed by atoms with Crippen LogP contribution in [-0.4, -0.2) is 35.9 Å². The minimum Gasteiger partial charge on any atom is -0.481 e. The Morgan fingerprint density at radius 1 is 1.24 bits per heavy atom. The summed E-state index contributed by atoms with van der Waals surface area (Å²) in [6.07, 6.45) is -0.396. The zero-order chi connectivity index (χ0) is 11.4. The van der Waals surface area contributed by atoms with E-state index in [1.54, 1.807) is 6.92 Å². The Kier molecular flexibility index (Phi) is 14.8. The number of aliphatic carboxylic acids is 2. The molecule has 0 aliphatic carbocycles. The minimum absolute atomic E-state index is 0. The van der Waals surface area contributed by atoms with E-state index < -0.39 is 23.8 Å². The third-order valence-electron chi connectivity index (χ3n) is 2.51. The Morgan fingerprint density at radius 3 is 1.88 bits per heavy atom. The zero-order valence-electron chi connectivity index (χ0n) is 8.61. The van der Waals surface area contributed by atoms with E-state index in [1.165, 1.54) is 14.0 Å². The van der Waals surface area contributed by atoms with Crippen molar-refractivity contribution in [3.8, 4) is 0 Å².